The summed E-state index contributed by atoms with van der Waals surface area (Å²) in [6.45, 7) is 9.35. The molecule has 1 saturated carbocycles. The van der Waals surface area contributed by atoms with Gasteiger partial charge in [-0.25, -0.2) is 0 Å². The fourth-order valence-corrected chi connectivity index (χ4v) is 5.76. The van der Waals surface area contributed by atoms with Crippen molar-refractivity contribution in [2.75, 3.05) is 46.5 Å². The zero-order valence-electron chi connectivity index (χ0n) is 19.7. The van der Waals surface area contributed by atoms with Gasteiger partial charge in [-0.15, -0.1) is 0 Å². The summed E-state index contributed by atoms with van der Waals surface area (Å²) in [5.41, 5.74) is 1.30. The fraction of sp³-hybridized carbons (Fsp3) is 0.769. The average Bonchev–Trinajstić information content (AvgIpc) is 3.49. The van der Waals surface area contributed by atoms with Crippen molar-refractivity contribution < 1.29 is 14.2 Å². The number of likely N-dealkylation sites (tertiary alicyclic amines) is 1. The summed E-state index contributed by atoms with van der Waals surface area (Å²) in [4.78, 5) is 5.43. The lowest BCUT2D eigenvalue weighted by Gasteiger charge is -2.38. The predicted octanol–water partition coefficient (Wildman–Crippen LogP) is 4.73. The Morgan fingerprint density at radius 3 is 2.48 bits per heavy atom. The van der Waals surface area contributed by atoms with Crippen LogP contribution in [0.2, 0.25) is 0 Å². The van der Waals surface area contributed by atoms with Gasteiger partial charge in [-0.1, -0.05) is 18.9 Å². The summed E-state index contributed by atoms with van der Waals surface area (Å²) in [6.07, 6.45) is 11.2. The zero-order chi connectivity index (χ0) is 21.5. The highest BCUT2D eigenvalue weighted by Gasteiger charge is 2.29. The first kappa shape index (κ1) is 22.9. The van der Waals surface area contributed by atoms with Gasteiger partial charge in [-0.2, -0.15) is 0 Å². The van der Waals surface area contributed by atoms with E-state index in [4.69, 9.17) is 14.2 Å². The maximum atomic E-state index is 6.00. The molecule has 1 aromatic carbocycles. The molecule has 5 heteroatoms. The quantitative estimate of drug-likeness (QED) is 0.536. The van der Waals surface area contributed by atoms with Crippen LogP contribution in [0.5, 0.6) is 11.5 Å². The van der Waals surface area contributed by atoms with E-state index < -0.39 is 0 Å². The lowest BCUT2D eigenvalue weighted by Crippen LogP contribution is -2.43. The van der Waals surface area contributed by atoms with Gasteiger partial charge in [0.05, 0.1) is 19.8 Å². The molecule has 0 spiro atoms. The molecule has 1 aromatic rings. The van der Waals surface area contributed by atoms with E-state index in [1.54, 1.807) is 7.11 Å². The van der Waals surface area contributed by atoms with E-state index >= 15 is 0 Å². The second-order valence-electron chi connectivity index (χ2n) is 9.66. The van der Waals surface area contributed by atoms with Crippen LogP contribution >= 0.6 is 0 Å². The number of ether oxygens (including phenoxy) is 3. The van der Waals surface area contributed by atoms with Crippen LogP contribution in [0.25, 0.3) is 0 Å². The third-order valence-corrected chi connectivity index (χ3v) is 7.43. The number of nitrogens with zero attached hydrogens (tertiary/aromatic N) is 2. The Kier molecular flexibility index (Phi) is 8.51. The van der Waals surface area contributed by atoms with Crippen molar-refractivity contribution in [3.05, 3.63) is 23.8 Å². The summed E-state index contributed by atoms with van der Waals surface area (Å²) in [5.74, 6) is 2.46. The highest BCUT2D eigenvalue weighted by atomic mass is 16.5. The number of benzene rings is 1. The summed E-state index contributed by atoms with van der Waals surface area (Å²) in [5, 5.41) is 0. The number of hydrogen-bond donors (Lipinski definition) is 0. The Hall–Kier alpha value is -1.30. The molecule has 31 heavy (non-hydrogen) atoms. The van der Waals surface area contributed by atoms with Crippen molar-refractivity contribution in [1.82, 2.24) is 9.80 Å². The molecule has 5 nitrogen and oxygen atoms in total. The van der Waals surface area contributed by atoms with Gasteiger partial charge in [0.1, 0.15) is 0 Å². The number of piperidine rings is 1. The van der Waals surface area contributed by atoms with Gasteiger partial charge in [-0.05, 0) is 82.2 Å². The van der Waals surface area contributed by atoms with Gasteiger partial charge in [-0.3, -0.25) is 4.90 Å². The van der Waals surface area contributed by atoms with Crippen molar-refractivity contribution in [3.8, 4) is 11.5 Å². The van der Waals surface area contributed by atoms with Crippen LogP contribution < -0.4 is 9.47 Å². The van der Waals surface area contributed by atoms with Crippen molar-refractivity contribution in [1.29, 1.82) is 0 Å². The minimum atomic E-state index is 0.392. The minimum Gasteiger partial charge on any atom is -0.493 e. The van der Waals surface area contributed by atoms with Crippen LogP contribution in [0.1, 0.15) is 63.9 Å². The van der Waals surface area contributed by atoms with Crippen molar-refractivity contribution in [2.45, 2.75) is 77.0 Å². The first-order valence-electron chi connectivity index (χ1n) is 12.6. The van der Waals surface area contributed by atoms with Gasteiger partial charge in [0, 0.05) is 32.3 Å². The second kappa shape index (κ2) is 11.5. The lowest BCUT2D eigenvalue weighted by atomic mass is 9.94. The molecule has 4 rings (SSSR count). The van der Waals surface area contributed by atoms with Crippen LogP contribution in [0, 0.1) is 5.92 Å². The molecule has 0 aromatic heterocycles. The third-order valence-electron chi connectivity index (χ3n) is 7.43. The molecule has 0 unspecified atom stereocenters. The van der Waals surface area contributed by atoms with E-state index in [2.05, 4.69) is 21.9 Å². The molecule has 0 amide bonds. The number of hydrogen-bond acceptors (Lipinski definition) is 5. The number of rotatable bonds is 10. The Balaban J connectivity index is 1.37. The molecule has 2 heterocycles. The summed E-state index contributed by atoms with van der Waals surface area (Å²) < 4.78 is 17.3. The molecule has 3 fully saturated rings. The van der Waals surface area contributed by atoms with E-state index in [0.717, 1.165) is 43.2 Å². The van der Waals surface area contributed by atoms with Crippen molar-refractivity contribution in [3.63, 3.8) is 0 Å². The van der Waals surface area contributed by atoms with Crippen LogP contribution in [0.4, 0.5) is 0 Å². The third kappa shape index (κ3) is 6.36. The zero-order valence-corrected chi connectivity index (χ0v) is 19.7. The molecule has 1 atom stereocenters. The first-order chi connectivity index (χ1) is 15.2. The summed E-state index contributed by atoms with van der Waals surface area (Å²) >= 11 is 0. The molecule has 0 N–H and O–H groups in total. The Bertz CT molecular complexity index is 663. The smallest absolute Gasteiger partial charge is 0.161 e. The Morgan fingerprint density at radius 1 is 1.00 bits per heavy atom. The molecule has 3 aliphatic rings. The van der Waals surface area contributed by atoms with Crippen LogP contribution in [-0.2, 0) is 11.3 Å². The Labute approximate surface area is 189 Å². The SMILES string of the molecule is CCOc1cc(CN(CC2CCN(C3CCCC3)CC2)C[C@H]2CCCO2)ccc1OC. The highest BCUT2D eigenvalue weighted by molar-refractivity contribution is 5.43. The van der Waals surface area contributed by atoms with Gasteiger partial charge >= 0.3 is 0 Å². The van der Waals surface area contributed by atoms with Gasteiger partial charge in [0.2, 0.25) is 0 Å². The normalized spacial score (nSPS) is 23.6. The van der Waals surface area contributed by atoms with E-state index in [1.165, 1.54) is 76.6 Å². The molecule has 2 saturated heterocycles. The minimum absolute atomic E-state index is 0.392. The lowest BCUT2D eigenvalue weighted by molar-refractivity contribution is 0.0539. The average molecular weight is 431 g/mol. The number of methoxy groups -OCH3 is 1. The molecule has 1 aliphatic carbocycles. The molecular formula is C26H42N2O3. The van der Waals surface area contributed by atoms with E-state index in [1.807, 2.05) is 13.0 Å². The van der Waals surface area contributed by atoms with E-state index in [0.29, 0.717) is 12.7 Å². The summed E-state index contributed by atoms with van der Waals surface area (Å²) in [7, 11) is 1.71. The summed E-state index contributed by atoms with van der Waals surface area (Å²) in [6, 6.07) is 7.27. The highest BCUT2D eigenvalue weighted by Crippen LogP contribution is 2.31. The van der Waals surface area contributed by atoms with E-state index in [9.17, 15) is 0 Å². The van der Waals surface area contributed by atoms with Gasteiger partial charge < -0.3 is 19.1 Å². The van der Waals surface area contributed by atoms with E-state index in [-0.39, 0.29) is 0 Å². The molecular weight excluding hydrogens is 388 g/mol. The molecule has 2 aliphatic heterocycles. The Morgan fingerprint density at radius 2 is 1.81 bits per heavy atom. The molecule has 0 radical (unpaired) electrons. The van der Waals surface area contributed by atoms with Crippen molar-refractivity contribution >= 4 is 0 Å². The van der Waals surface area contributed by atoms with Crippen molar-refractivity contribution in [2.24, 2.45) is 5.92 Å². The first-order valence-corrected chi connectivity index (χ1v) is 12.6. The van der Waals surface area contributed by atoms with Gasteiger partial charge in [0.25, 0.3) is 0 Å². The topological polar surface area (TPSA) is 34.2 Å². The largest absolute Gasteiger partial charge is 0.493 e. The predicted molar refractivity (Wildman–Crippen MR) is 125 cm³/mol. The maximum absolute atomic E-state index is 6.00. The standard InChI is InChI=1S/C26H42N2O3/c1-3-30-26-17-22(10-11-25(26)29-2)19-27(20-24-9-6-16-31-24)18-21-12-14-28(15-13-21)23-7-4-5-8-23/h10-11,17,21,23-24H,3-9,12-16,18-20H2,1-2H3/t24-/m1/s1. The monoisotopic (exact) mass is 430 g/mol. The molecule has 0 bridgehead atoms. The van der Waals surface area contributed by atoms with Crippen LogP contribution in [0.3, 0.4) is 0 Å². The fourth-order valence-electron chi connectivity index (χ4n) is 5.76. The van der Waals surface area contributed by atoms with Crippen LogP contribution in [0.15, 0.2) is 18.2 Å². The maximum Gasteiger partial charge on any atom is 0.161 e. The van der Waals surface area contributed by atoms with Gasteiger partial charge in [0.15, 0.2) is 11.5 Å². The second-order valence-corrected chi connectivity index (χ2v) is 9.66. The van der Waals surface area contributed by atoms with Crippen LogP contribution in [-0.4, -0.2) is 68.4 Å². The molecule has 174 valence electrons.